The van der Waals surface area contributed by atoms with Crippen molar-refractivity contribution >= 4 is 17.2 Å². The van der Waals surface area contributed by atoms with E-state index in [2.05, 4.69) is 6.92 Å². The highest BCUT2D eigenvalue weighted by molar-refractivity contribution is 7.80. The van der Waals surface area contributed by atoms with Gasteiger partial charge in [-0.25, -0.2) is 0 Å². The van der Waals surface area contributed by atoms with Crippen molar-refractivity contribution < 1.29 is 0 Å². The molecule has 1 heterocycles. The van der Waals surface area contributed by atoms with Crippen molar-refractivity contribution in [3.05, 3.63) is 33.7 Å². The molecule has 0 saturated carbocycles. The van der Waals surface area contributed by atoms with Crippen molar-refractivity contribution in [2.24, 2.45) is 5.73 Å². The fraction of sp³-hybridized carbons (Fsp3) is 0.538. The van der Waals surface area contributed by atoms with Crippen LogP contribution >= 0.6 is 12.2 Å². The lowest BCUT2D eigenvalue weighted by atomic mass is 10.2. The second-order valence-corrected chi connectivity index (χ2v) is 4.71. The Kier molecular flexibility index (Phi) is 5.35. The number of rotatable bonds is 6. The molecule has 0 aromatic carbocycles. The third-order valence-corrected chi connectivity index (χ3v) is 3.11. The summed E-state index contributed by atoms with van der Waals surface area (Å²) in [7, 11) is 0. The number of thiocarbonyl (C=S) groups is 1. The highest BCUT2D eigenvalue weighted by atomic mass is 32.1. The number of pyridine rings is 1. The third kappa shape index (κ3) is 3.66. The van der Waals surface area contributed by atoms with Gasteiger partial charge in [-0.15, -0.1) is 0 Å². The van der Waals surface area contributed by atoms with Gasteiger partial charge in [-0.3, -0.25) is 4.79 Å². The summed E-state index contributed by atoms with van der Waals surface area (Å²) in [5, 5.41) is 0. The summed E-state index contributed by atoms with van der Waals surface area (Å²) < 4.78 is 1.77. The molecule has 0 unspecified atom stereocenters. The Labute approximate surface area is 108 Å². The van der Waals surface area contributed by atoms with Gasteiger partial charge in [0.25, 0.3) is 5.56 Å². The molecule has 1 rings (SSSR count). The van der Waals surface area contributed by atoms with E-state index in [1.165, 1.54) is 12.8 Å². The molecule has 17 heavy (non-hydrogen) atoms. The SMILES string of the molecule is CCCCCCn1c(C)ccc(C(N)=S)c1=O. The first-order valence-electron chi connectivity index (χ1n) is 6.08. The fourth-order valence-electron chi connectivity index (χ4n) is 1.83. The Morgan fingerprint density at radius 3 is 2.65 bits per heavy atom. The van der Waals surface area contributed by atoms with Gasteiger partial charge in [-0.05, 0) is 25.5 Å². The number of aromatic nitrogens is 1. The highest BCUT2D eigenvalue weighted by Gasteiger charge is 2.07. The van der Waals surface area contributed by atoms with Gasteiger partial charge in [0.1, 0.15) is 4.99 Å². The van der Waals surface area contributed by atoms with Crippen molar-refractivity contribution in [2.45, 2.75) is 46.1 Å². The Hall–Kier alpha value is -1.16. The standard InChI is InChI=1S/C13H20N2OS/c1-3-4-5-6-9-15-10(2)7-8-11(12(14)17)13(15)16/h7-8H,3-6,9H2,1-2H3,(H2,14,17). The minimum Gasteiger partial charge on any atom is -0.389 e. The molecule has 4 heteroatoms. The molecule has 0 atom stereocenters. The second kappa shape index (κ2) is 6.55. The van der Waals surface area contributed by atoms with E-state index in [1.807, 2.05) is 13.0 Å². The Bertz CT molecular complexity index is 451. The molecule has 2 N–H and O–H groups in total. The van der Waals surface area contributed by atoms with Gasteiger partial charge in [-0.1, -0.05) is 38.4 Å². The Morgan fingerprint density at radius 2 is 2.06 bits per heavy atom. The summed E-state index contributed by atoms with van der Waals surface area (Å²) in [6, 6.07) is 3.61. The molecular formula is C13H20N2OS. The van der Waals surface area contributed by atoms with Crippen LogP contribution in [0.15, 0.2) is 16.9 Å². The Morgan fingerprint density at radius 1 is 1.35 bits per heavy atom. The van der Waals surface area contributed by atoms with Crippen LogP contribution in [0.1, 0.15) is 43.9 Å². The maximum absolute atomic E-state index is 12.1. The number of hydrogen-bond acceptors (Lipinski definition) is 2. The largest absolute Gasteiger partial charge is 0.389 e. The monoisotopic (exact) mass is 252 g/mol. The number of nitrogens with zero attached hydrogens (tertiary/aromatic N) is 1. The van der Waals surface area contributed by atoms with Crippen LogP contribution in [0.4, 0.5) is 0 Å². The summed E-state index contributed by atoms with van der Waals surface area (Å²) >= 11 is 4.87. The highest BCUT2D eigenvalue weighted by Crippen LogP contribution is 2.04. The quantitative estimate of drug-likeness (QED) is 0.624. The predicted octanol–water partition coefficient (Wildman–Crippen LogP) is 2.37. The fourth-order valence-corrected chi connectivity index (χ4v) is 1.99. The number of hydrogen-bond donors (Lipinski definition) is 1. The molecule has 0 amide bonds. The van der Waals surface area contributed by atoms with E-state index in [4.69, 9.17) is 18.0 Å². The van der Waals surface area contributed by atoms with Crippen LogP contribution in [0, 0.1) is 6.92 Å². The van der Waals surface area contributed by atoms with Crippen molar-refractivity contribution in [1.29, 1.82) is 0 Å². The van der Waals surface area contributed by atoms with E-state index in [0.29, 0.717) is 5.56 Å². The maximum Gasteiger partial charge on any atom is 0.260 e. The first kappa shape index (κ1) is 13.9. The van der Waals surface area contributed by atoms with Crippen LogP contribution in [-0.2, 0) is 6.54 Å². The zero-order valence-corrected chi connectivity index (χ0v) is 11.3. The van der Waals surface area contributed by atoms with Crippen LogP contribution in [0.25, 0.3) is 0 Å². The van der Waals surface area contributed by atoms with Crippen molar-refractivity contribution in [3.63, 3.8) is 0 Å². The maximum atomic E-state index is 12.1. The molecule has 0 aliphatic heterocycles. The molecule has 0 aliphatic carbocycles. The molecule has 0 radical (unpaired) electrons. The summed E-state index contributed by atoms with van der Waals surface area (Å²) in [4.78, 5) is 12.3. The van der Waals surface area contributed by atoms with E-state index >= 15 is 0 Å². The van der Waals surface area contributed by atoms with Crippen LogP contribution in [0.3, 0.4) is 0 Å². The van der Waals surface area contributed by atoms with Gasteiger partial charge < -0.3 is 10.3 Å². The van der Waals surface area contributed by atoms with Crippen molar-refractivity contribution in [2.75, 3.05) is 0 Å². The van der Waals surface area contributed by atoms with E-state index in [-0.39, 0.29) is 10.5 Å². The van der Waals surface area contributed by atoms with E-state index < -0.39 is 0 Å². The molecule has 0 bridgehead atoms. The molecule has 0 spiro atoms. The lowest BCUT2D eigenvalue weighted by molar-refractivity contribution is 0.561. The molecule has 1 aromatic heterocycles. The molecule has 1 aromatic rings. The summed E-state index contributed by atoms with van der Waals surface area (Å²) in [5.74, 6) is 0. The summed E-state index contributed by atoms with van der Waals surface area (Å²) in [5.41, 5.74) is 6.88. The number of aryl methyl sites for hydroxylation is 1. The zero-order valence-electron chi connectivity index (χ0n) is 10.5. The van der Waals surface area contributed by atoms with Crippen molar-refractivity contribution in [1.82, 2.24) is 4.57 Å². The zero-order chi connectivity index (χ0) is 12.8. The minimum atomic E-state index is -0.0611. The van der Waals surface area contributed by atoms with Crippen LogP contribution in [-0.4, -0.2) is 9.56 Å². The topological polar surface area (TPSA) is 48.0 Å². The summed E-state index contributed by atoms with van der Waals surface area (Å²) in [6.45, 7) is 4.86. The van der Waals surface area contributed by atoms with Gasteiger partial charge >= 0.3 is 0 Å². The van der Waals surface area contributed by atoms with Gasteiger partial charge in [0.05, 0.1) is 5.56 Å². The van der Waals surface area contributed by atoms with Crippen LogP contribution < -0.4 is 11.3 Å². The van der Waals surface area contributed by atoms with Crippen molar-refractivity contribution in [3.8, 4) is 0 Å². The molecule has 0 aliphatic rings. The predicted molar refractivity (Wildman–Crippen MR) is 75.5 cm³/mol. The van der Waals surface area contributed by atoms with Gasteiger partial charge in [0, 0.05) is 12.2 Å². The average molecular weight is 252 g/mol. The smallest absolute Gasteiger partial charge is 0.260 e. The molecule has 94 valence electrons. The van der Waals surface area contributed by atoms with Crippen LogP contribution in [0.2, 0.25) is 0 Å². The minimum absolute atomic E-state index is 0.0611. The molecular weight excluding hydrogens is 232 g/mol. The lowest BCUT2D eigenvalue weighted by Gasteiger charge is -2.11. The molecule has 0 saturated heterocycles. The molecule has 0 fully saturated rings. The average Bonchev–Trinajstić information content (AvgIpc) is 2.27. The molecule has 3 nitrogen and oxygen atoms in total. The van der Waals surface area contributed by atoms with Gasteiger partial charge in [0.2, 0.25) is 0 Å². The second-order valence-electron chi connectivity index (χ2n) is 4.27. The third-order valence-electron chi connectivity index (χ3n) is 2.89. The Balaban J connectivity index is 2.87. The first-order chi connectivity index (χ1) is 8.07. The number of nitrogens with two attached hydrogens (primary N) is 1. The normalized spacial score (nSPS) is 10.5. The lowest BCUT2D eigenvalue weighted by Crippen LogP contribution is -2.30. The van der Waals surface area contributed by atoms with E-state index in [0.717, 1.165) is 25.1 Å². The van der Waals surface area contributed by atoms with Gasteiger partial charge in [0.15, 0.2) is 0 Å². The van der Waals surface area contributed by atoms with Crippen LogP contribution in [0.5, 0.6) is 0 Å². The van der Waals surface area contributed by atoms with E-state index in [9.17, 15) is 4.79 Å². The van der Waals surface area contributed by atoms with E-state index in [1.54, 1.807) is 10.6 Å². The first-order valence-corrected chi connectivity index (χ1v) is 6.49. The summed E-state index contributed by atoms with van der Waals surface area (Å²) in [6.07, 6.45) is 4.58. The van der Waals surface area contributed by atoms with Gasteiger partial charge in [-0.2, -0.15) is 0 Å². The number of unbranched alkanes of at least 4 members (excludes halogenated alkanes) is 3.